The Morgan fingerprint density at radius 2 is 1.71 bits per heavy atom. The van der Waals surface area contributed by atoms with E-state index in [9.17, 15) is 62.7 Å². The van der Waals surface area contributed by atoms with Crippen molar-refractivity contribution in [1.29, 1.82) is 0 Å². The van der Waals surface area contributed by atoms with Gasteiger partial charge in [-0.15, -0.1) is 0 Å². The monoisotopic (exact) mass is 881 g/mol. The number of rotatable bonds is 23. The second kappa shape index (κ2) is 20.2. The van der Waals surface area contributed by atoms with Gasteiger partial charge < -0.3 is 56.0 Å². The van der Waals surface area contributed by atoms with Gasteiger partial charge in [-0.05, 0) is 0 Å². The maximum Gasteiger partial charge on any atom is 0.481 e. The molecule has 1 aliphatic rings. The van der Waals surface area contributed by atoms with Crippen LogP contribution in [0.1, 0.15) is 39.3 Å². The lowest BCUT2D eigenvalue weighted by atomic mass is 9.87. The number of phosphoric ester groups is 3. The molecular weight excluding hydrogens is 839 g/mol. The number of nitrogens with zero attached hydrogens (tertiary/aromatic N) is 4. The second-order valence-electron chi connectivity index (χ2n) is 12.5. The number of phosphoric acid groups is 3. The molecule has 26 nitrogen and oxygen atoms in total. The molecule has 2 unspecified atom stereocenters. The number of ether oxygens (including phenoxy) is 1. The van der Waals surface area contributed by atoms with Crippen LogP contribution in [0.2, 0.25) is 0 Å². The van der Waals surface area contributed by atoms with E-state index in [1.54, 1.807) is 0 Å². The molecule has 0 saturated carbocycles. The van der Waals surface area contributed by atoms with E-state index >= 15 is 0 Å². The highest BCUT2D eigenvalue weighted by atomic mass is 32.2. The topological polar surface area (TPSA) is 401 Å². The van der Waals surface area contributed by atoms with Crippen LogP contribution in [0.4, 0.5) is 5.82 Å². The highest BCUT2D eigenvalue weighted by Gasteiger charge is 2.50. The molecule has 316 valence electrons. The van der Waals surface area contributed by atoms with E-state index in [1.807, 2.05) is 0 Å². The number of nitrogens with two attached hydrogens (primary N) is 1. The minimum atomic E-state index is -5.59. The molecule has 1 fully saturated rings. The van der Waals surface area contributed by atoms with E-state index in [4.69, 9.17) is 24.6 Å². The Balaban J connectivity index is 1.48. The summed E-state index contributed by atoms with van der Waals surface area (Å²) in [5.41, 5.74) is 4.20. The molecule has 2 aromatic rings. The van der Waals surface area contributed by atoms with Crippen LogP contribution in [0.25, 0.3) is 11.2 Å². The molecule has 11 N–H and O–H groups in total. The summed E-state index contributed by atoms with van der Waals surface area (Å²) in [6.07, 6.45) is -7.57. The number of carbonyl (C=O) groups excluding carboxylic acids is 4. The summed E-state index contributed by atoms with van der Waals surface area (Å²) in [6.45, 7) is -0.165. The predicted molar refractivity (Wildman–Crippen MR) is 188 cm³/mol. The number of aliphatic hydroxyl groups excluding tert-OH is 3. The summed E-state index contributed by atoms with van der Waals surface area (Å²) in [7, 11) is -16.4. The van der Waals surface area contributed by atoms with Gasteiger partial charge in [-0.1, -0.05) is 25.6 Å². The fourth-order valence-electron chi connectivity index (χ4n) is 4.72. The van der Waals surface area contributed by atoms with Crippen molar-refractivity contribution < 1.29 is 90.4 Å². The average molecular weight is 882 g/mol. The molecule has 2 aromatic heterocycles. The van der Waals surface area contributed by atoms with Crippen molar-refractivity contribution >= 4 is 74.9 Å². The molecule has 0 aromatic carbocycles. The minimum absolute atomic E-state index is 0.0198. The van der Waals surface area contributed by atoms with Crippen molar-refractivity contribution in [2.45, 2.75) is 63.8 Å². The first-order valence-electron chi connectivity index (χ1n) is 16.1. The number of nitrogen functional groups attached to an aromatic ring is 1. The number of fused-ring (bicyclic) bond motifs is 1. The molecule has 3 rings (SSSR count). The maximum absolute atomic E-state index is 12.7. The minimum Gasteiger partial charge on any atom is -0.396 e. The molecule has 56 heavy (non-hydrogen) atoms. The van der Waals surface area contributed by atoms with Crippen LogP contribution in [0, 0.1) is 5.41 Å². The molecule has 1 saturated heterocycles. The van der Waals surface area contributed by atoms with Gasteiger partial charge in [0.1, 0.15) is 42.0 Å². The normalized spacial score (nSPS) is 21.6. The quantitative estimate of drug-likeness (QED) is 0.0328. The highest BCUT2D eigenvalue weighted by Crippen LogP contribution is 2.61. The Morgan fingerprint density at radius 1 is 1.04 bits per heavy atom. The Bertz CT molecular complexity index is 1860. The van der Waals surface area contributed by atoms with Crippen LogP contribution in [-0.4, -0.2) is 140 Å². The van der Waals surface area contributed by atoms with Crippen molar-refractivity contribution in [3.05, 3.63) is 12.7 Å². The molecule has 0 radical (unpaired) electrons. The number of aromatic nitrogens is 4. The Morgan fingerprint density at radius 3 is 2.38 bits per heavy atom. The lowest BCUT2D eigenvalue weighted by Crippen LogP contribution is -2.46. The van der Waals surface area contributed by atoms with E-state index in [0.717, 1.165) is 29.0 Å². The number of anilines is 1. The number of thioether (sulfide) groups is 1. The highest BCUT2D eigenvalue weighted by molar-refractivity contribution is 8.13. The third-order valence-corrected chi connectivity index (χ3v) is 11.5. The van der Waals surface area contributed by atoms with Gasteiger partial charge in [0, 0.05) is 43.7 Å². The lowest BCUT2D eigenvalue weighted by molar-refractivity contribution is -0.137. The van der Waals surface area contributed by atoms with Gasteiger partial charge in [-0.3, -0.25) is 37.3 Å². The summed E-state index contributed by atoms with van der Waals surface area (Å²) in [5, 5.41) is 34.4. The number of amides is 2. The molecule has 0 aliphatic carbocycles. The number of hydrogen-bond acceptors (Lipinski definition) is 20. The smallest absolute Gasteiger partial charge is 0.396 e. The third-order valence-electron chi connectivity index (χ3n) is 7.50. The average Bonchev–Trinajstić information content (AvgIpc) is 3.64. The zero-order chi connectivity index (χ0) is 42.1. The summed E-state index contributed by atoms with van der Waals surface area (Å²) in [6, 6.07) is 0. The third kappa shape index (κ3) is 14.5. The van der Waals surface area contributed by atoms with Crippen LogP contribution < -0.4 is 16.4 Å². The van der Waals surface area contributed by atoms with E-state index in [-0.39, 0.29) is 61.7 Å². The van der Waals surface area contributed by atoms with Crippen LogP contribution in [0.5, 0.6) is 0 Å². The number of imidazole rings is 1. The summed E-state index contributed by atoms with van der Waals surface area (Å²) >= 11 is 0.822. The van der Waals surface area contributed by atoms with Crippen molar-refractivity contribution in [1.82, 2.24) is 30.2 Å². The SMILES string of the molecule is CC(C)(COP(=O)(O)OP(=O)(O)OC[C@H]1O[C@@H](n2cnc3c(N)ncnc32)[C@H](O)[C@@H]1OP(=O)(O)O)[C@H](O)C(=O)NCCC(=O)NCCSC(=O)CC(=O)CCO. The number of Topliss-reactive ketones (excluding diaryl/α,β-unsaturated/α-hetero) is 1. The van der Waals surface area contributed by atoms with Gasteiger partial charge in [-0.2, -0.15) is 4.31 Å². The Kier molecular flexibility index (Phi) is 17.2. The first-order chi connectivity index (χ1) is 25.9. The molecule has 0 spiro atoms. The zero-order valence-electron chi connectivity index (χ0n) is 29.6. The summed E-state index contributed by atoms with van der Waals surface area (Å²) in [5.74, 6) is -1.84. The van der Waals surface area contributed by atoms with E-state index < -0.39 is 95.5 Å². The standard InChI is InChI=1S/C26H42N7O19P3S/c1-26(2,21(39)24(40)29-5-3-16(36)28-6-8-56-17(37)9-14(35)4-7-34)11-49-55(46,47)52-54(44,45)48-10-15-20(51-53(41,42)43)19(38)25(50-15)33-13-32-18-22(27)30-12-31-23(18)33/h12-13,15,19-21,25,34,38-39H,3-11H2,1-2H3,(H,28,36)(H,29,40)(H,44,45)(H,46,47)(H2,27,30,31)(H2,41,42,43)/t15-,19-,20-,21-,25-/m1/s1. The summed E-state index contributed by atoms with van der Waals surface area (Å²) in [4.78, 5) is 98.4. The summed E-state index contributed by atoms with van der Waals surface area (Å²) < 4.78 is 61.9. The Hall–Kier alpha value is -2.81. The van der Waals surface area contributed by atoms with Gasteiger partial charge in [0.05, 0.1) is 26.0 Å². The molecule has 7 atom stereocenters. The van der Waals surface area contributed by atoms with Crippen LogP contribution in [0.3, 0.4) is 0 Å². The van der Waals surface area contributed by atoms with Gasteiger partial charge in [-0.25, -0.2) is 28.6 Å². The number of aliphatic hydroxyl groups is 3. The van der Waals surface area contributed by atoms with E-state index in [1.165, 1.54) is 13.8 Å². The van der Waals surface area contributed by atoms with Gasteiger partial charge in [0.15, 0.2) is 22.8 Å². The van der Waals surface area contributed by atoms with Gasteiger partial charge in [0.2, 0.25) is 11.8 Å². The van der Waals surface area contributed by atoms with E-state index in [2.05, 4.69) is 34.4 Å². The van der Waals surface area contributed by atoms with Crippen LogP contribution >= 0.6 is 35.2 Å². The van der Waals surface area contributed by atoms with E-state index in [0.29, 0.717) is 0 Å². The van der Waals surface area contributed by atoms with Crippen molar-refractivity contribution in [3.63, 3.8) is 0 Å². The molecule has 1 aliphatic heterocycles. The number of ketones is 1. The zero-order valence-corrected chi connectivity index (χ0v) is 33.1. The number of carbonyl (C=O) groups is 4. The van der Waals surface area contributed by atoms with Gasteiger partial charge >= 0.3 is 23.5 Å². The maximum atomic E-state index is 12.7. The molecule has 0 bridgehead atoms. The molecule has 2 amide bonds. The molecule has 3 heterocycles. The largest absolute Gasteiger partial charge is 0.481 e. The molecule has 30 heteroatoms. The van der Waals surface area contributed by atoms with Crippen LogP contribution in [0.15, 0.2) is 12.7 Å². The lowest BCUT2D eigenvalue weighted by Gasteiger charge is -2.30. The Labute approximate surface area is 321 Å². The first kappa shape index (κ1) is 47.6. The number of nitrogens with one attached hydrogen (secondary N) is 2. The van der Waals surface area contributed by atoms with Crippen molar-refractivity contribution in [3.8, 4) is 0 Å². The van der Waals surface area contributed by atoms with Crippen molar-refractivity contribution in [2.24, 2.45) is 5.41 Å². The fraction of sp³-hybridized carbons (Fsp3) is 0.654. The fourth-order valence-corrected chi connectivity index (χ4v) is 8.24. The first-order valence-corrected chi connectivity index (χ1v) is 21.6. The van der Waals surface area contributed by atoms with Crippen LogP contribution in [-0.2, 0) is 55.5 Å². The second-order valence-corrected chi connectivity index (χ2v) is 17.9. The molecular formula is C26H42N7O19P3S. The number of hydrogen-bond donors (Lipinski definition) is 10. The predicted octanol–water partition coefficient (Wildman–Crippen LogP) is -1.99. The van der Waals surface area contributed by atoms with Crippen molar-refractivity contribution in [2.75, 3.05) is 44.4 Å². The van der Waals surface area contributed by atoms with Gasteiger partial charge in [0.25, 0.3) is 0 Å².